The molecule has 1 aromatic rings. The molecule has 0 aliphatic heterocycles. The molecule has 0 saturated carbocycles. The summed E-state index contributed by atoms with van der Waals surface area (Å²) < 4.78 is 12.8. The minimum Gasteiger partial charge on any atom is -0.370 e. The molecule has 0 aliphatic rings. The minimum atomic E-state index is -0.206. The van der Waals surface area contributed by atoms with E-state index in [1.54, 1.807) is 12.1 Å². The predicted octanol–water partition coefficient (Wildman–Crippen LogP) is 2.58. The van der Waals surface area contributed by atoms with Gasteiger partial charge in [0.1, 0.15) is 5.82 Å². The van der Waals surface area contributed by atoms with Crippen molar-refractivity contribution in [3.8, 4) is 0 Å². The lowest BCUT2D eigenvalue weighted by Crippen LogP contribution is -2.45. The minimum absolute atomic E-state index is 0. The fraction of sp³-hybridized carbons (Fsp3) is 0.533. The second-order valence-electron chi connectivity index (χ2n) is 6.01. The van der Waals surface area contributed by atoms with Gasteiger partial charge in [-0.3, -0.25) is 4.99 Å². The van der Waals surface area contributed by atoms with E-state index in [1.165, 1.54) is 12.1 Å². The van der Waals surface area contributed by atoms with Crippen molar-refractivity contribution >= 4 is 29.9 Å². The van der Waals surface area contributed by atoms with Crippen LogP contribution in [-0.2, 0) is 6.54 Å². The molecule has 0 aliphatic carbocycles. The van der Waals surface area contributed by atoms with Crippen LogP contribution >= 0.6 is 24.0 Å². The summed E-state index contributed by atoms with van der Waals surface area (Å²) in [6.07, 6.45) is 0. The molecule has 0 saturated heterocycles. The monoisotopic (exact) mass is 408 g/mol. The summed E-state index contributed by atoms with van der Waals surface area (Å²) in [6, 6.07) is 6.55. The number of hydrogen-bond donors (Lipinski definition) is 2. The van der Waals surface area contributed by atoms with Crippen LogP contribution in [0.1, 0.15) is 26.3 Å². The number of halogens is 2. The van der Waals surface area contributed by atoms with Crippen LogP contribution in [0.5, 0.6) is 0 Å². The summed E-state index contributed by atoms with van der Waals surface area (Å²) in [5, 5.41) is 3.12. The van der Waals surface area contributed by atoms with Crippen molar-refractivity contribution in [3.63, 3.8) is 0 Å². The van der Waals surface area contributed by atoms with Gasteiger partial charge in [-0.05, 0) is 45.5 Å². The first-order chi connectivity index (χ1) is 9.26. The SMILES string of the molecule is CN(CCN=C(N)NC(C)(C)C)Cc1ccc(F)cc1.I. The average molecular weight is 408 g/mol. The van der Waals surface area contributed by atoms with Gasteiger partial charge in [0.05, 0.1) is 6.54 Å². The second-order valence-corrected chi connectivity index (χ2v) is 6.01. The molecule has 1 rings (SSSR count). The van der Waals surface area contributed by atoms with E-state index in [4.69, 9.17) is 5.73 Å². The van der Waals surface area contributed by atoms with Gasteiger partial charge in [0.15, 0.2) is 5.96 Å². The molecule has 0 spiro atoms. The zero-order chi connectivity index (χ0) is 15.2. The van der Waals surface area contributed by atoms with Crippen molar-refractivity contribution in [2.24, 2.45) is 10.7 Å². The van der Waals surface area contributed by atoms with Gasteiger partial charge in [-0.1, -0.05) is 12.1 Å². The zero-order valence-corrected chi connectivity index (χ0v) is 15.5. The Morgan fingerprint density at radius 2 is 1.86 bits per heavy atom. The summed E-state index contributed by atoms with van der Waals surface area (Å²) in [5.41, 5.74) is 6.80. The first-order valence-electron chi connectivity index (χ1n) is 6.77. The summed E-state index contributed by atoms with van der Waals surface area (Å²) in [4.78, 5) is 6.41. The Morgan fingerprint density at radius 1 is 1.29 bits per heavy atom. The highest BCUT2D eigenvalue weighted by Crippen LogP contribution is 2.05. The number of benzene rings is 1. The van der Waals surface area contributed by atoms with E-state index in [9.17, 15) is 4.39 Å². The van der Waals surface area contributed by atoms with Crippen molar-refractivity contribution < 1.29 is 4.39 Å². The Bertz CT molecular complexity index is 440. The topological polar surface area (TPSA) is 53.6 Å². The fourth-order valence-corrected chi connectivity index (χ4v) is 1.75. The highest BCUT2D eigenvalue weighted by Gasteiger charge is 2.09. The van der Waals surface area contributed by atoms with Crippen LogP contribution in [0.2, 0.25) is 0 Å². The van der Waals surface area contributed by atoms with Gasteiger partial charge in [-0.2, -0.15) is 0 Å². The van der Waals surface area contributed by atoms with Crippen LogP contribution in [0.4, 0.5) is 4.39 Å². The highest BCUT2D eigenvalue weighted by atomic mass is 127. The Labute approximate surface area is 144 Å². The second kappa shape index (κ2) is 9.19. The van der Waals surface area contributed by atoms with Crippen LogP contribution in [0, 0.1) is 5.82 Å². The van der Waals surface area contributed by atoms with E-state index >= 15 is 0 Å². The average Bonchev–Trinajstić information content (AvgIpc) is 2.29. The largest absolute Gasteiger partial charge is 0.370 e. The van der Waals surface area contributed by atoms with Crippen molar-refractivity contribution in [2.45, 2.75) is 32.9 Å². The van der Waals surface area contributed by atoms with Crippen LogP contribution in [0.15, 0.2) is 29.3 Å². The van der Waals surface area contributed by atoms with E-state index in [-0.39, 0.29) is 35.3 Å². The van der Waals surface area contributed by atoms with Crippen molar-refractivity contribution in [2.75, 3.05) is 20.1 Å². The lowest BCUT2D eigenvalue weighted by molar-refractivity contribution is 0.336. The van der Waals surface area contributed by atoms with Crippen molar-refractivity contribution in [3.05, 3.63) is 35.6 Å². The maximum absolute atomic E-state index is 12.8. The molecule has 6 heteroatoms. The third kappa shape index (κ3) is 9.62. The summed E-state index contributed by atoms with van der Waals surface area (Å²) >= 11 is 0. The first kappa shape index (κ1) is 20.1. The Balaban J connectivity index is 0.00000400. The highest BCUT2D eigenvalue weighted by molar-refractivity contribution is 14.0. The molecule has 1 aromatic carbocycles. The molecule has 0 unspecified atom stereocenters. The maximum atomic E-state index is 12.8. The van der Waals surface area contributed by atoms with E-state index in [0.29, 0.717) is 12.5 Å². The third-order valence-corrected chi connectivity index (χ3v) is 2.63. The Kier molecular flexibility index (Phi) is 8.80. The number of rotatable bonds is 5. The molecule has 21 heavy (non-hydrogen) atoms. The van der Waals surface area contributed by atoms with Crippen LogP contribution in [-0.4, -0.2) is 36.5 Å². The Morgan fingerprint density at radius 3 is 2.38 bits per heavy atom. The zero-order valence-electron chi connectivity index (χ0n) is 13.2. The molecule has 0 fully saturated rings. The summed E-state index contributed by atoms with van der Waals surface area (Å²) in [7, 11) is 2.01. The number of aliphatic imine (C=N–C) groups is 1. The fourth-order valence-electron chi connectivity index (χ4n) is 1.75. The molecule has 0 heterocycles. The van der Waals surface area contributed by atoms with E-state index in [1.807, 2.05) is 27.8 Å². The molecular weight excluding hydrogens is 382 g/mol. The lowest BCUT2D eigenvalue weighted by Gasteiger charge is -2.21. The molecular formula is C15H26FIN4. The molecule has 0 bridgehead atoms. The van der Waals surface area contributed by atoms with E-state index < -0.39 is 0 Å². The third-order valence-electron chi connectivity index (χ3n) is 2.63. The van der Waals surface area contributed by atoms with Gasteiger partial charge in [-0.15, -0.1) is 24.0 Å². The molecule has 0 radical (unpaired) electrons. The van der Waals surface area contributed by atoms with Gasteiger partial charge in [0, 0.05) is 18.6 Å². The molecule has 4 nitrogen and oxygen atoms in total. The summed E-state index contributed by atoms with van der Waals surface area (Å²) in [5.74, 6) is 0.259. The molecule has 3 N–H and O–H groups in total. The quantitative estimate of drug-likeness (QED) is 0.448. The number of hydrogen-bond acceptors (Lipinski definition) is 2. The van der Waals surface area contributed by atoms with Crippen LogP contribution in [0.3, 0.4) is 0 Å². The van der Waals surface area contributed by atoms with Crippen molar-refractivity contribution in [1.29, 1.82) is 0 Å². The first-order valence-corrected chi connectivity index (χ1v) is 6.77. The predicted molar refractivity (Wildman–Crippen MR) is 97.5 cm³/mol. The van der Waals surface area contributed by atoms with E-state index in [2.05, 4.69) is 15.2 Å². The maximum Gasteiger partial charge on any atom is 0.189 e. The van der Waals surface area contributed by atoms with Crippen LogP contribution in [0.25, 0.3) is 0 Å². The smallest absolute Gasteiger partial charge is 0.189 e. The molecule has 120 valence electrons. The number of nitrogens with zero attached hydrogens (tertiary/aromatic N) is 2. The number of likely N-dealkylation sites (N-methyl/N-ethyl adjacent to an activating group) is 1. The molecule has 0 amide bonds. The molecule has 0 atom stereocenters. The van der Waals surface area contributed by atoms with Gasteiger partial charge in [0.2, 0.25) is 0 Å². The number of nitrogens with one attached hydrogen (secondary N) is 1. The lowest BCUT2D eigenvalue weighted by atomic mass is 10.1. The normalized spacial score (nSPS) is 12.2. The number of nitrogens with two attached hydrogens (primary N) is 1. The van der Waals surface area contributed by atoms with Gasteiger partial charge in [0.25, 0.3) is 0 Å². The number of guanidine groups is 1. The summed E-state index contributed by atoms with van der Waals surface area (Å²) in [6.45, 7) is 8.31. The Hall–Kier alpha value is -0.890. The molecule has 0 aromatic heterocycles. The van der Waals surface area contributed by atoms with Gasteiger partial charge >= 0.3 is 0 Å². The van der Waals surface area contributed by atoms with Crippen LogP contribution < -0.4 is 11.1 Å². The standard InChI is InChI=1S/C15H25FN4.HI/c1-15(2,3)19-14(17)18-9-10-20(4)11-12-5-7-13(16)8-6-12;/h5-8H,9-11H2,1-4H3,(H3,17,18,19);1H. The van der Waals surface area contributed by atoms with Gasteiger partial charge < -0.3 is 16.0 Å². The van der Waals surface area contributed by atoms with Crippen molar-refractivity contribution in [1.82, 2.24) is 10.2 Å². The van der Waals surface area contributed by atoms with E-state index in [0.717, 1.165) is 18.7 Å². The van der Waals surface area contributed by atoms with Gasteiger partial charge in [-0.25, -0.2) is 4.39 Å².